The molecule has 0 atom stereocenters. The highest BCUT2D eigenvalue weighted by molar-refractivity contribution is 7.15. The van der Waals surface area contributed by atoms with Crippen molar-refractivity contribution in [3.63, 3.8) is 0 Å². The Hall–Kier alpha value is -3.85. The van der Waals surface area contributed by atoms with Crippen LogP contribution in [-0.2, 0) is 4.79 Å². The Morgan fingerprint density at radius 2 is 1.71 bits per heavy atom. The standard InChI is InChI=1S/C22H15FN4O3S/c23-14-7-5-13(6-8-14)18-19(26-11-12-31-22(26)25-18)24-17(28)9-10-27-20(29)15-3-1-2-4-16(15)21(27)30/h1-8,11-12H,9-10H2,(H,24,28). The number of anilines is 1. The number of imidazole rings is 1. The van der Waals surface area contributed by atoms with Crippen LogP contribution in [-0.4, -0.2) is 38.6 Å². The second-order valence-electron chi connectivity index (χ2n) is 6.98. The fraction of sp³-hybridized carbons (Fsp3) is 0.0909. The lowest BCUT2D eigenvalue weighted by Gasteiger charge is -2.13. The van der Waals surface area contributed by atoms with Gasteiger partial charge >= 0.3 is 0 Å². The van der Waals surface area contributed by atoms with Crippen molar-refractivity contribution in [2.45, 2.75) is 6.42 Å². The van der Waals surface area contributed by atoms with Crippen molar-refractivity contribution in [3.05, 3.63) is 77.1 Å². The van der Waals surface area contributed by atoms with E-state index in [1.54, 1.807) is 47.0 Å². The average molecular weight is 434 g/mol. The Balaban J connectivity index is 1.35. The summed E-state index contributed by atoms with van der Waals surface area (Å²) in [4.78, 5) is 43.9. The summed E-state index contributed by atoms with van der Waals surface area (Å²) in [5.41, 5.74) is 1.87. The lowest BCUT2D eigenvalue weighted by atomic mass is 10.1. The Kier molecular flexibility index (Phi) is 4.59. The summed E-state index contributed by atoms with van der Waals surface area (Å²) in [6, 6.07) is 12.4. The highest BCUT2D eigenvalue weighted by Gasteiger charge is 2.35. The number of benzene rings is 2. The lowest BCUT2D eigenvalue weighted by molar-refractivity contribution is -0.116. The zero-order valence-corrected chi connectivity index (χ0v) is 16.9. The number of halogens is 1. The first-order chi connectivity index (χ1) is 15.0. The molecule has 2 aromatic carbocycles. The molecule has 0 saturated heterocycles. The van der Waals surface area contributed by atoms with Gasteiger partial charge in [-0.3, -0.25) is 23.7 Å². The molecule has 5 rings (SSSR count). The first-order valence-electron chi connectivity index (χ1n) is 9.49. The van der Waals surface area contributed by atoms with Gasteiger partial charge in [-0.05, 0) is 36.4 Å². The third-order valence-corrected chi connectivity index (χ3v) is 5.83. The molecule has 1 aliphatic rings. The van der Waals surface area contributed by atoms with Gasteiger partial charge in [0.05, 0.1) is 11.1 Å². The maximum absolute atomic E-state index is 13.3. The smallest absolute Gasteiger partial charge is 0.261 e. The topological polar surface area (TPSA) is 83.8 Å². The van der Waals surface area contributed by atoms with Crippen LogP contribution in [0.4, 0.5) is 10.2 Å². The Labute approximate surface area is 179 Å². The fourth-order valence-corrected chi connectivity index (χ4v) is 4.28. The van der Waals surface area contributed by atoms with Gasteiger partial charge in [-0.25, -0.2) is 9.37 Å². The first kappa shape index (κ1) is 19.1. The summed E-state index contributed by atoms with van der Waals surface area (Å²) in [6.45, 7) is -0.0321. The van der Waals surface area contributed by atoms with Gasteiger partial charge in [0.2, 0.25) is 5.91 Å². The minimum absolute atomic E-state index is 0.0321. The number of hydrogen-bond acceptors (Lipinski definition) is 5. The van der Waals surface area contributed by atoms with Gasteiger partial charge in [0.15, 0.2) is 4.96 Å². The van der Waals surface area contributed by atoms with E-state index in [1.807, 2.05) is 5.38 Å². The number of thiazole rings is 1. The third kappa shape index (κ3) is 3.28. The van der Waals surface area contributed by atoms with Gasteiger partial charge in [-0.2, -0.15) is 0 Å². The molecule has 2 aromatic heterocycles. The molecule has 0 saturated carbocycles. The van der Waals surface area contributed by atoms with E-state index in [4.69, 9.17) is 0 Å². The number of nitrogens with zero attached hydrogens (tertiary/aromatic N) is 3. The molecule has 0 aliphatic carbocycles. The summed E-state index contributed by atoms with van der Waals surface area (Å²) < 4.78 is 15.1. The Bertz CT molecular complexity index is 1310. The van der Waals surface area contributed by atoms with Crippen molar-refractivity contribution < 1.29 is 18.8 Å². The molecular weight excluding hydrogens is 419 g/mol. The molecule has 9 heteroatoms. The van der Waals surface area contributed by atoms with E-state index in [0.29, 0.717) is 33.2 Å². The number of amides is 3. The molecule has 0 unspecified atom stereocenters. The van der Waals surface area contributed by atoms with E-state index in [-0.39, 0.29) is 24.7 Å². The van der Waals surface area contributed by atoms with Gasteiger partial charge in [0.25, 0.3) is 11.8 Å². The normalized spacial score (nSPS) is 13.1. The number of carbonyl (C=O) groups excluding carboxylic acids is 3. The number of nitrogens with one attached hydrogen (secondary N) is 1. The van der Waals surface area contributed by atoms with Crippen molar-refractivity contribution in [1.82, 2.24) is 14.3 Å². The highest BCUT2D eigenvalue weighted by atomic mass is 32.1. The number of rotatable bonds is 5. The molecule has 4 aromatic rings. The first-order valence-corrected chi connectivity index (χ1v) is 10.4. The van der Waals surface area contributed by atoms with Crippen LogP contribution < -0.4 is 5.32 Å². The molecule has 31 heavy (non-hydrogen) atoms. The van der Waals surface area contributed by atoms with Crippen LogP contribution in [0, 0.1) is 5.82 Å². The Morgan fingerprint density at radius 3 is 2.39 bits per heavy atom. The highest BCUT2D eigenvalue weighted by Crippen LogP contribution is 2.31. The van der Waals surface area contributed by atoms with E-state index in [1.165, 1.54) is 23.5 Å². The molecule has 3 amide bonds. The quantitative estimate of drug-likeness (QED) is 0.484. The number of carbonyl (C=O) groups is 3. The molecule has 1 N–H and O–H groups in total. The van der Waals surface area contributed by atoms with E-state index >= 15 is 0 Å². The SMILES string of the molecule is O=C(CCN1C(=O)c2ccccc2C1=O)Nc1c(-c2ccc(F)cc2)nc2sccn12. The zero-order chi connectivity index (χ0) is 21.5. The minimum Gasteiger partial charge on any atom is -0.310 e. The van der Waals surface area contributed by atoms with Crippen LogP contribution in [0.3, 0.4) is 0 Å². The van der Waals surface area contributed by atoms with Crippen molar-refractivity contribution in [2.24, 2.45) is 0 Å². The molecule has 7 nitrogen and oxygen atoms in total. The maximum Gasteiger partial charge on any atom is 0.261 e. The summed E-state index contributed by atoms with van der Waals surface area (Å²) in [6.07, 6.45) is 1.71. The van der Waals surface area contributed by atoms with Crippen molar-refractivity contribution >= 4 is 39.8 Å². The van der Waals surface area contributed by atoms with Gasteiger partial charge in [-0.15, -0.1) is 11.3 Å². The van der Waals surface area contributed by atoms with E-state index < -0.39 is 11.8 Å². The number of hydrogen-bond donors (Lipinski definition) is 1. The molecule has 3 heterocycles. The second-order valence-corrected chi connectivity index (χ2v) is 7.85. The largest absolute Gasteiger partial charge is 0.310 e. The van der Waals surface area contributed by atoms with Crippen molar-refractivity contribution in [2.75, 3.05) is 11.9 Å². The predicted molar refractivity (Wildman–Crippen MR) is 114 cm³/mol. The van der Waals surface area contributed by atoms with E-state index in [9.17, 15) is 18.8 Å². The van der Waals surface area contributed by atoms with E-state index in [2.05, 4.69) is 10.3 Å². The third-order valence-electron chi connectivity index (χ3n) is 5.08. The molecule has 0 radical (unpaired) electrons. The summed E-state index contributed by atoms with van der Waals surface area (Å²) in [5, 5.41) is 4.67. The van der Waals surface area contributed by atoms with Crippen LogP contribution >= 0.6 is 11.3 Å². The van der Waals surface area contributed by atoms with E-state index in [0.717, 1.165) is 4.90 Å². The van der Waals surface area contributed by atoms with Crippen LogP contribution in [0.25, 0.3) is 16.2 Å². The Morgan fingerprint density at radius 1 is 1.03 bits per heavy atom. The summed E-state index contributed by atoms with van der Waals surface area (Å²) >= 11 is 1.40. The van der Waals surface area contributed by atoms with Crippen LogP contribution in [0.1, 0.15) is 27.1 Å². The monoisotopic (exact) mass is 434 g/mol. The molecule has 154 valence electrons. The minimum atomic E-state index is -0.398. The molecule has 0 bridgehead atoms. The van der Waals surface area contributed by atoms with Gasteiger partial charge in [0.1, 0.15) is 17.3 Å². The van der Waals surface area contributed by atoms with Crippen molar-refractivity contribution in [3.8, 4) is 11.3 Å². The van der Waals surface area contributed by atoms with Crippen LogP contribution in [0.15, 0.2) is 60.1 Å². The number of imide groups is 1. The number of fused-ring (bicyclic) bond motifs is 2. The maximum atomic E-state index is 13.3. The molecular formula is C22H15FN4O3S. The predicted octanol–water partition coefficient (Wildman–Crippen LogP) is 3.83. The summed E-state index contributed by atoms with van der Waals surface area (Å²) in [5.74, 6) is -1.07. The second kappa shape index (κ2) is 7.44. The van der Waals surface area contributed by atoms with Gasteiger partial charge in [-0.1, -0.05) is 12.1 Å². The zero-order valence-electron chi connectivity index (χ0n) is 16.0. The van der Waals surface area contributed by atoms with Crippen LogP contribution in [0.5, 0.6) is 0 Å². The van der Waals surface area contributed by atoms with Gasteiger partial charge < -0.3 is 5.32 Å². The summed E-state index contributed by atoms with van der Waals surface area (Å²) in [7, 11) is 0. The van der Waals surface area contributed by atoms with Crippen LogP contribution in [0.2, 0.25) is 0 Å². The fourth-order valence-electron chi connectivity index (χ4n) is 3.56. The molecule has 1 aliphatic heterocycles. The van der Waals surface area contributed by atoms with Crippen molar-refractivity contribution in [1.29, 1.82) is 0 Å². The molecule has 0 spiro atoms. The lowest BCUT2D eigenvalue weighted by Crippen LogP contribution is -2.33. The van der Waals surface area contributed by atoms with Gasteiger partial charge in [0, 0.05) is 30.1 Å². The number of aromatic nitrogens is 2. The average Bonchev–Trinajstić information content (AvgIpc) is 3.42. The molecule has 0 fully saturated rings.